The average Bonchev–Trinajstić information content (AvgIpc) is 2.97. The number of amides is 4. The second kappa shape index (κ2) is 15.8. The van der Waals surface area contributed by atoms with Crippen LogP contribution in [0.2, 0.25) is 0 Å². The van der Waals surface area contributed by atoms with Crippen molar-refractivity contribution in [3.8, 4) is 0 Å². The normalized spacial score (nSPS) is 16.6. The van der Waals surface area contributed by atoms with Crippen molar-refractivity contribution in [3.05, 3.63) is 24.3 Å². The van der Waals surface area contributed by atoms with Gasteiger partial charge in [-0.2, -0.15) is 0 Å². The summed E-state index contributed by atoms with van der Waals surface area (Å²) >= 11 is 0. The third-order valence-corrected chi connectivity index (χ3v) is 7.11. The molecule has 1 aromatic rings. The Morgan fingerprint density at radius 3 is 2.02 bits per heavy atom. The van der Waals surface area contributed by atoms with Gasteiger partial charge in [0.05, 0.1) is 12.3 Å². The van der Waals surface area contributed by atoms with Crippen LogP contribution in [0.4, 0.5) is 25.8 Å². The van der Waals surface area contributed by atoms with Gasteiger partial charge in [0, 0.05) is 44.3 Å². The van der Waals surface area contributed by atoms with E-state index in [0.29, 0.717) is 51.1 Å². The van der Waals surface area contributed by atoms with Gasteiger partial charge < -0.3 is 34.9 Å². The number of carboxylic acid groups (broad SMARTS) is 1. The summed E-state index contributed by atoms with van der Waals surface area (Å²) in [4.78, 5) is 72.0. The first-order valence-corrected chi connectivity index (χ1v) is 15.9. The molecule has 0 saturated carbocycles. The van der Waals surface area contributed by atoms with E-state index in [2.05, 4.69) is 15.5 Å². The van der Waals surface area contributed by atoms with Crippen molar-refractivity contribution in [1.29, 1.82) is 0 Å². The molecule has 0 spiro atoms. The van der Waals surface area contributed by atoms with Crippen LogP contribution in [0.5, 0.6) is 0 Å². The number of piperidine rings is 1. The molecular formula is C32H48N6O9. The molecule has 3 rings (SSSR count). The SMILES string of the molecule is CCOC(=O)NC(CNC(=O)C1CCN(c2cccc(N=C3N(C(=O)OC(C)(C)C)CCCN3C(=O)OC(C)(C)C)c2)CC1)C(=O)O. The Labute approximate surface area is 275 Å². The predicted molar refractivity (Wildman–Crippen MR) is 174 cm³/mol. The highest BCUT2D eigenvalue weighted by Crippen LogP contribution is 2.28. The summed E-state index contributed by atoms with van der Waals surface area (Å²) in [5, 5.41) is 14.2. The van der Waals surface area contributed by atoms with Gasteiger partial charge in [-0.05, 0) is 85.9 Å². The summed E-state index contributed by atoms with van der Waals surface area (Å²) in [7, 11) is 0. The summed E-state index contributed by atoms with van der Waals surface area (Å²) < 4.78 is 16.0. The number of aliphatic carboxylic acids is 1. The van der Waals surface area contributed by atoms with Crippen molar-refractivity contribution < 1.29 is 43.3 Å². The largest absolute Gasteiger partial charge is 0.480 e. The molecule has 1 atom stereocenters. The van der Waals surface area contributed by atoms with Crippen LogP contribution >= 0.6 is 0 Å². The monoisotopic (exact) mass is 660 g/mol. The fourth-order valence-corrected chi connectivity index (χ4v) is 4.97. The van der Waals surface area contributed by atoms with Crippen LogP contribution in [-0.2, 0) is 23.8 Å². The zero-order valence-corrected chi connectivity index (χ0v) is 28.3. The maximum atomic E-state index is 13.2. The molecule has 1 unspecified atom stereocenters. The number of hydrogen-bond donors (Lipinski definition) is 3. The highest BCUT2D eigenvalue weighted by Gasteiger charge is 2.37. The number of anilines is 1. The lowest BCUT2D eigenvalue weighted by atomic mass is 9.95. The minimum absolute atomic E-state index is 0.0918. The molecule has 0 aliphatic carbocycles. The van der Waals surface area contributed by atoms with Crippen LogP contribution in [0.3, 0.4) is 0 Å². The van der Waals surface area contributed by atoms with Crippen molar-refractivity contribution in [2.45, 2.75) is 85.0 Å². The summed E-state index contributed by atoms with van der Waals surface area (Å²) in [6.07, 6.45) is -0.550. The molecule has 2 saturated heterocycles. The Hall–Kier alpha value is -4.56. The van der Waals surface area contributed by atoms with Crippen LogP contribution in [0, 0.1) is 5.92 Å². The van der Waals surface area contributed by atoms with Crippen LogP contribution < -0.4 is 15.5 Å². The molecule has 15 heteroatoms. The van der Waals surface area contributed by atoms with Crippen molar-refractivity contribution >= 4 is 47.5 Å². The maximum Gasteiger partial charge on any atom is 0.417 e. The Kier molecular flexibility index (Phi) is 12.4. The number of benzene rings is 1. The molecule has 3 N–H and O–H groups in total. The van der Waals surface area contributed by atoms with Gasteiger partial charge >= 0.3 is 24.2 Å². The number of hydrogen-bond acceptors (Lipinski definition) is 10. The van der Waals surface area contributed by atoms with E-state index in [9.17, 15) is 29.1 Å². The molecule has 0 aromatic heterocycles. The van der Waals surface area contributed by atoms with Gasteiger partial charge in [-0.3, -0.25) is 4.79 Å². The molecule has 0 radical (unpaired) electrons. The number of guanidine groups is 1. The standard InChI is InChI=1S/C32H48N6O9/c1-8-45-28(42)35-24(26(40)41)20-33-25(39)21-13-17-36(18-14-21)23-12-9-11-22(19-23)34-27-37(29(43)46-31(2,3)4)15-10-16-38(27)30(44)47-32(5,6)7/h9,11-12,19,21,24H,8,10,13-18,20H2,1-7H3,(H,33,39)(H,35,42)(H,40,41). The van der Waals surface area contributed by atoms with Gasteiger partial charge in [0.25, 0.3) is 0 Å². The number of alkyl carbamates (subject to hydrolysis) is 1. The van der Waals surface area contributed by atoms with Gasteiger partial charge in [0.2, 0.25) is 11.9 Å². The van der Waals surface area contributed by atoms with Gasteiger partial charge in [-0.25, -0.2) is 34.0 Å². The molecule has 4 amide bonds. The molecule has 2 fully saturated rings. The van der Waals surface area contributed by atoms with Crippen LogP contribution in [0.1, 0.15) is 67.7 Å². The topological polar surface area (TPSA) is 179 Å². The Morgan fingerprint density at radius 2 is 1.51 bits per heavy atom. The van der Waals surface area contributed by atoms with E-state index >= 15 is 0 Å². The third-order valence-electron chi connectivity index (χ3n) is 7.11. The highest BCUT2D eigenvalue weighted by atomic mass is 16.6. The van der Waals surface area contributed by atoms with E-state index in [1.165, 1.54) is 9.80 Å². The zero-order valence-electron chi connectivity index (χ0n) is 28.3. The molecule has 15 nitrogen and oxygen atoms in total. The highest BCUT2D eigenvalue weighted by molar-refractivity contribution is 6.03. The molecule has 260 valence electrons. The minimum atomic E-state index is -1.32. The number of carboxylic acids is 1. The number of nitrogens with zero attached hydrogens (tertiary/aromatic N) is 4. The van der Waals surface area contributed by atoms with Crippen LogP contribution in [-0.4, -0.2) is 108 Å². The Morgan fingerprint density at radius 1 is 0.936 bits per heavy atom. The first-order chi connectivity index (χ1) is 22.0. The van der Waals surface area contributed by atoms with E-state index in [4.69, 9.17) is 19.2 Å². The predicted octanol–water partition coefficient (Wildman–Crippen LogP) is 4.08. The molecule has 0 bridgehead atoms. The summed E-state index contributed by atoms with van der Waals surface area (Å²) in [6.45, 7) is 13.8. The fourth-order valence-electron chi connectivity index (χ4n) is 4.97. The van der Waals surface area contributed by atoms with E-state index in [0.717, 1.165) is 5.69 Å². The number of ether oxygens (including phenoxy) is 3. The maximum absolute atomic E-state index is 13.2. The van der Waals surface area contributed by atoms with Gasteiger partial charge in [-0.1, -0.05) is 6.07 Å². The average molecular weight is 661 g/mol. The van der Waals surface area contributed by atoms with Crippen molar-refractivity contribution in [2.24, 2.45) is 10.9 Å². The van der Waals surface area contributed by atoms with Crippen molar-refractivity contribution in [1.82, 2.24) is 20.4 Å². The number of carbonyl (C=O) groups is 5. The smallest absolute Gasteiger partial charge is 0.417 e. The molecule has 2 aliphatic heterocycles. The first-order valence-electron chi connectivity index (χ1n) is 15.9. The fraction of sp³-hybridized carbons (Fsp3) is 0.625. The number of aliphatic imine (C=N–C) groups is 1. The first kappa shape index (κ1) is 36.9. The third kappa shape index (κ3) is 11.3. The Bertz CT molecular complexity index is 1290. The lowest BCUT2D eigenvalue weighted by molar-refractivity contribution is -0.139. The number of carbonyl (C=O) groups excluding carboxylic acids is 4. The quantitative estimate of drug-likeness (QED) is 0.344. The molecule has 47 heavy (non-hydrogen) atoms. The zero-order chi connectivity index (χ0) is 34.9. The second-order valence-electron chi connectivity index (χ2n) is 13.3. The van der Waals surface area contributed by atoms with Gasteiger partial charge in [0.1, 0.15) is 17.2 Å². The van der Waals surface area contributed by atoms with E-state index in [1.807, 2.05) is 18.2 Å². The number of rotatable bonds is 8. The van der Waals surface area contributed by atoms with E-state index in [1.54, 1.807) is 54.5 Å². The summed E-state index contributed by atoms with van der Waals surface area (Å²) in [5.74, 6) is -1.79. The van der Waals surface area contributed by atoms with Crippen molar-refractivity contribution in [3.63, 3.8) is 0 Å². The molecule has 2 aliphatic rings. The van der Waals surface area contributed by atoms with E-state index < -0.39 is 41.5 Å². The second-order valence-corrected chi connectivity index (χ2v) is 13.3. The lowest BCUT2D eigenvalue weighted by Gasteiger charge is -2.37. The molecule has 2 heterocycles. The number of nitrogens with one attached hydrogen (secondary N) is 2. The molecule has 1 aromatic carbocycles. The summed E-state index contributed by atoms with van der Waals surface area (Å²) in [6, 6.07) is 6.05. The molecular weight excluding hydrogens is 612 g/mol. The Balaban J connectivity index is 1.73. The summed E-state index contributed by atoms with van der Waals surface area (Å²) in [5.41, 5.74) is -0.151. The van der Waals surface area contributed by atoms with E-state index in [-0.39, 0.29) is 30.9 Å². The lowest BCUT2D eigenvalue weighted by Crippen LogP contribution is -2.56. The van der Waals surface area contributed by atoms with Crippen LogP contribution in [0.25, 0.3) is 0 Å². The van der Waals surface area contributed by atoms with Crippen LogP contribution in [0.15, 0.2) is 29.3 Å². The van der Waals surface area contributed by atoms with Crippen molar-refractivity contribution in [2.75, 3.05) is 44.2 Å². The minimum Gasteiger partial charge on any atom is -0.480 e. The van der Waals surface area contributed by atoms with Gasteiger partial charge in [0.15, 0.2) is 0 Å². The van der Waals surface area contributed by atoms with Gasteiger partial charge in [-0.15, -0.1) is 0 Å².